The van der Waals surface area contributed by atoms with Crippen molar-refractivity contribution in [2.24, 2.45) is 10.9 Å². The Morgan fingerprint density at radius 1 is 0.973 bits per heavy atom. The molecule has 0 aromatic heterocycles. The molecule has 188 valence electrons. The maximum Gasteiger partial charge on any atom is 0.141 e. The van der Waals surface area contributed by atoms with Crippen LogP contribution in [0.25, 0.3) is 17.7 Å². The zero-order chi connectivity index (χ0) is 25.8. The van der Waals surface area contributed by atoms with Crippen molar-refractivity contribution in [2.75, 3.05) is 6.61 Å². The van der Waals surface area contributed by atoms with E-state index in [0.29, 0.717) is 12.5 Å². The average Bonchev–Trinajstić information content (AvgIpc) is 3.17. The molecule has 0 radical (unpaired) electrons. The van der Waals surface area contributed by atoms with Crippen LogP contribution in [-0.2, 0) is 19.3 Å². The lowest BCUT2D eigenvalue weighted by molar-refractivity contribution is 0.357. The van der Waals surface area contributed by atoms with Crippen LogP contribution in [0.1, 0.15) is 48.9 Å². The number of hydrogen-bond acceptors (Lipinski definition) is 2. The highest BCUT2D eigenvalue weighted by Crippen LogP contribution is 2.27. The average molecular weight is 553 g/mol. The Kier molecular flexibility index (Phi) is 7.90. The number of benzene rings is 3. The van der Waals surface area contributed by atoms with Gasteiger partial charge in [-0.3, -0.25) is 4.99 Å². The van der Waals surface area contributed by atoms with E-state index in [9.17, 15) is 0 Å². The van der Waals surface area contributed by atoms with Gasteiger partial charge in [-0.05, 0) is 97.6 Å². The fourth-order valence-electron chi connectivity index (χ4n) is 5.68. The van der Waals surface area contributed by atoms with Crippen LogP contribution in [0.5, 0.6) is 5.75 Å². The Hall–Kier alpha value is -3.17. The molecular formula is C34H34BrNO. The summed E-state index contributed by atoms with van der Waals surface area (Å²) < 4.78 is 6.97. The summed E-state index contributed by atoms with van der Waals surface area (Å²) in [5.41, 5.74) is 7.36. The van der Waals surface area contributed by atoms with Crippen LogP contribution in [0, 0.1) is 16.4 Å². The Labute approximate surface area is 228 Å². The third kappa shape index (κ3) is 5.29. The van der Waals surface area contributed by atoms with Gasteiger partial charge in [-0.2, -0.15) is 0 Å². The first kappa shape index (κ1) is 25.5. The molecule has 3 heteroatoms. The fraction of sp³-hybridized carbons (Fsp3) is 0.265. The summed E-state index contributed by atoms with van der Waals surface area (Å²) in [6.45, 7) is 8.94. The second kappa shape index (κ2) is 11.5. The number of fused-ring (bicyclic) bond motifs is 5. The lowest BCUT2D eigenvalue weighted by Gasteiger charge is -2.22. The highest BCUT2D eigenvalue weighted by atomic mass is 79.9. The van der Waals surface area contributed by atoms with Crippen molar-refractivity contribution >= 4 is 39.9 Å². The molecule has 3 aliphatic rings. The van der Waals surface area contributed by atoms with Gasteiger partial charge in [0, 0.05) is 24.1 Å². The Balaban J connectivity index is 0.000000212. The Bertz CT molecular complexity index is 1610. The molecule has 0 fully saturated rings. The van der Waals surface area contributed by atoms with Crippen molar-refractivity contribution in [1.29, 1.82) is 0 Å². The molecule has 0 bridgehead atoms. The predicted molar refractivity (Wildman–Crippen MR) is 160 cm³/mol. The van der Waals surface area contributed by atoms with E-state index < -0.39 is 0 Å². The maximum atomic E-state index is 5.96. The van der Waals surface area contributed by atoms with Gasteiger partial charge in [-0.25, -0.2) is 0 Å². The van der Waals surface area contributed by atoms with Crippen molar-refractivity contribution in [1.82, 2.24) is 0 Å². The molecule has 0 unspecified atom stereocenters. The largest absolute Gasteiger partial charge is 0.488 e. The molecule has 3 aromatic rings. The van der Waals surface area contributed by atoms with Gasteiger partial charge in [0.25, 0.3) is 0 Å². The zero-order valence-electron chi connectivity index (χ0n) is 21.8. The van der Waals surface area contributed by atoms with Crippen molar-refractivity contribution in [3.8, 4) is 5.75 Å². The van der Waals surface area contributed by atoms with Gasteiger partial charge in [-0.15, -0.1) is 0 Å². The summed E-state index contributed by atoms with van der Waals surface area (Å²) in [5.74, 6) is 1.56. The van der Waals surface area contributed by atoms with Gasteiger partial charge in [-0.1, -0.05) is 80.6 Å². The molecule has 37 heavy (non-hydrogen) atoms. The third-order valence-electron chi connectivity index (χ3n) is 7.45. The van der Waals surface area contributed by atoms with E-state index in [2.05, 4.69) is 96.0 Å². The van der Waals surface area contributed by atoms with Gasteiger partial charge in [0.15, 0.2) is 0 Å². The van der Waals surface area contributed by atoms with Gasteiger partial charge in [0.1, 0.15) is 12.4 Å². The highest BCUT2D eigenvalue weighted by molar-refractivity contribution is 9.10. The molecule has 0 saturated carbocycles. The summed E-state index contributed by atoms with van der Waals surface area (Å²) in [5, 5.41) is 5.38. The minimum Gasteiger partial charge on any atom is -0.488 e. The van der Waals surface area contributed by atoms with E-state index >= 15 is 0 Å². The molecule has 2 aliphatic carbocycles. The first-order valence-corrected chi connectivity index (χ1v) is 14.0. The number of hydrogen-bond donors (Lipinski definition) is 0. The molecular weight excluding hydrogens is 518 g/mol. The number of rotatable bonds is 4. The Morgan fingerprint density at radius 3 is 2.62 bits per heavy atom. The predicted octanol–water partition coefficient (Wildman–Crippen LogP) is 7.06. The molecule has 0 amide bonds. The molecule has 0 saturated heterocycles. The molecule has 1 heterocycles. The highest BCUT2D eigenvalue weighted by Gasteiger charge is 2.18. The third-order valence-corrected chi connectivity index (χ3v) is 8.08. The lowest BCUT2D eigenvalue weighted by atomic mass is 9.83. The summed E-state index contributed by atoms with van der Waals surface area (Å²) in [4.78, 5) is 4.08. The molecule has 1 aliphatic heterocycles. The fourth-order valence-corrected chi connectivity index (χ4v) is 6.14. The van der Waals surface area contributed by atoms with Crippen LogP contribution in [0.4, 0.5) is 0 Å². The van der Waals surface area contributed by atoms with Gasteiger partial charge in [0.2, 0.25) is 0 Å². The van der Waals surface area contributed by atoms with Crippen molar-refractivity contribution < 1.29 is 4.74 Å². The number of ether oxygens (including phenoxy) is 1. The molecule has 6 rings (SSSR count). The minimum atomic E-state index is 0.520. The summed E-state index contributed by atoms with van der Waals surface area (Å²) >= 11 is 3.65. The van der Waals surface area contributed by atoms with Gasteiger partial charge in [0.05, 0.1) is 4.47 Å². The number of aliphatic imine (C=N–C) groups is 1. The van der Waals surface area contributed by atoms with Gasteiger partial charge >= 0.3 is 0 Å². The topological polar surface area (TPSA) is 21.6 Å². The minimum absolute atomic E-state index is 0.520. The van der Waals surface area contributed by atoms with Crippen molar-refractivity contribution in [2.45, 2.75) is 46.0 Å². The second-order valence-corrected chi connectivity index (χ2v) is 10.9. The lowest BCUT2D eigenvalue weighted by Crippen LogP contribution is -2.24. The maximum absolute atomic E-state index is 5.96. The van der Waals surface area contributed by atoms with Crippen molar-refractivity contribution in [3.63, 3.8) is 0 Å². The molecule has 2 nitrogen and oxygen atoms in total. The summed E-state index contributed by atoms with van der Waals surface area (Å²) in [7, 11) is 0. The van der Waals surface area contributed by atoms with E-state index in [1.165, 1.54) is 56.8 Å². The quantitative estimate of drug-likeness (QED) is 0.318. The monoisotopic (exact) mass is 551 g/mol. The van der Waals surface area contributed by atoms with E-state index in [0.717, 1.165) is 23.1 Å². The number of nitrogens with zero attached hydrogens (tertiary/aromatic N) is 1. The SMILES string of the molecule is C1=Cc2ccccc2CC=N1.C=CCOc1c(Br)ccc2c1=CCc1c3c(ccc1=2)=C(C(C)C)CCC3. The van der Waals surface area contributed by atoms with E-state index in [-0.39, 0.29) is 0 Å². The van der Waals surface area contributed by atoms with Crippen LogP contribution < -0.4 is 15.2 Å². The first-order valence-electron chi connectivity index (χ1n) is 13.2. The molecule has 3 aromatic carbocycles. The molecule has 0 atom stereocenters. The van der Waals surface area contributed by atoms with E-state index in [1.807, 2.05) is 18.5 Å². The summed E-state index contributed by atoms with van der Waals surface area (Å²) in [6, 6.07) is 17.4. The first-order chi connectivity index (χ1) is 18.1. The van der Waals surface area contributed by atoms with Crippen LogP contribution in [-0.4, -0.2) is 12.8 Å². The standard InChI is InChI=1S/C24H25BrO.C10H9N/c1-4-14-26-24-22-11-10-19-17-7-5-6-16(15(2)3)18(17)8-9-20(19)21(22)12-13-23(24)25;1-2-4-10-6-8-11-7-5-9(10)3-1/h4,8-9,11-13,15H,1,5-7,10,14H2,2-3H3;1-5,7-8H,6H2. The van der Waals surface area contributed by atoms with Crippen molar-refractivity contribution in [3.05, 3.63) is 115 Å². The van der Waals surface area contributed by atoms with E-state index in [1.54, 1.807) is 17.2 Å². The molecule has 0 spiro atoms. The zero-order valence-corrected chi connectivity index (χ0v) is 23.4. The second-order valence-electron chi connectivity index (χ2n) is 10.0. The number of halogens is 1. The summed E-state index contributed by atoms with van der Waals surface area (Å²) in [6.07, 6.45) is 15.6. The van der Waals surface area contributed by atoms with Gasteiger partial charge < -0.3 is 4.74 Å². The Morgan fingerprint density at radius 2 is 1.78 bits per heavy atom. The van der Waals surface area contributed by atoms with Crippen LogP contribution in [0.15, 0.2) is 76.9 Å². The van der Waals surface area contributed by atoms with E-state index in [4.69, 9.17) is 4.74 Å². The normalized spacial score (nSPS) is 14.8. The van der Waals surface area contributed by atoms with Crippen LogP contribution in [0.2, 0.25) is 0 Å². The smallest absolute Gasteiger partial charge is 0.141 e. The van der Waals surface area contributed by atoms with Crippen LogP contribution in [0.3, 0.4) is 0 Å². The van der Waals surface area contributed by atoms with Crippen LogP contribution >= 0.6 is 15.9 Å². The molecule has 0 N–H and O–H groups in total.